The van der Waals surface area contributed by atoms with Gasteiger partial charge in [0.1, 0.15) is 0 Å². The van der Waals surface area contributed by atoms with Gasteiger partial charge in [-0.2, -0.15) is 0 Å². The monoisotopic (exact) mass is 304 g/mol. The van der Waals surface area contributed by atoms with Crippen molar-refractivity contribution in [3.05, 3.63) is 84.2 Å². The van der Waals surface area contributed by atoms with Crippen LogP contribution in [0.2, 0.25) is 0 Å². The highest BCUT2D eigenvalue weighted by Crippen LogP contribution is 2.33. The van der Waals surface area contributed by atoms with Crippen molar-refractivity contribution < 1.29 is 4.74 Å². The highest BCUT2D eigenvalue weighted by Gasteiger charge is 2.27. The molecule has 2 heterocycles. The van der Waals surface area contributed by atoms with Crippen molar-refractivity contribution >= 4 is 5.69 Å². The van der Waals surface area contributed by atoms with E-state index >= 15 is 0 Å². The molecule has 1 aromatic heterocycles. The summed E-state index contributed by atoms with van der Waals surface area (Å²) >= 11 is 0. The second-order valence-electron chi connectivity index (χ2n) is 5.94. The Morgan fingerprint density at radius 2 is 1.78 bits per heavy atom. The van der Waals surface area contributed by atoms with Crippen LogP contribution in [0.15, 0.2) is 73.1 Å². The molecule has 2 aromatic carbocycles. The van der Waals surface area contributed by atoms with Crippen molar-refractivity contribution in [2.24, 2.45) is 0 Å². The van der Waals surface area contributed by atoms with E-state index in [2.05, 4.69) is 83.4 Å². The van der Waals surface area contributed by atoms with Crippen LogP contribution < -0.4 is 4.90 Å². The van der Waals surface area contributed by atoms with Crippen LogP contribution in [-0.2, 0) is 4.74 Å². The molecule has 3 aromatic rings. The summed E-state index contributed by atoms with van der Waals surface area (Å²) in [4.78, 5) is 2.33. The molecule has 1 aliphatic heterocycles. The summed E-state index contributed by atoms with van der Waals surface area (Å²) in [6.45, 7) is 3.81. The number of benzene rings is 2. The van der Waals surface area contributed by atoms with Gasteiger partial charge in [0.2, 0.25) is 0 Å². The molecule has 0 N–H and O–H groups in total. The molecule has 4 rings (SSSR count). The second-order valence-corrected chi connectivity index (χ2v) is 5.94. The minimum absolute atomic E-state index is 0.0123. The smallest absolute Gasteiger partial charge is 0.158 e. The first-order valence-corrected chi connectivity index (χ1v) is 7.99. The predicted molar refractivity (Wildman–Crippen MR) is 93.0 cm³/mol. The molecule has 0 amide bonds. The lowest BCUT2D eigenvalue weighted by Crippen LogP contribution is -2.23. The number of hydrogen-bond donors (Lipinski definition) is 0. The van der Waals surface area contributed by atoms with Crippen molar-refractivity contribution in [2.45, 2.75) is 13.2 Å². The number of rotatable bonds is 3. The van der Waals surface area contributed by atoms with Gasteiger partial charge in [-0.3, -0.25) is 0 Å². The average Bonchev–Trinajstić information content (AvgIpc) is 3.25. The zero-order chi connectivity index (χ0) is 15.6. The summed E-state index contributed by atoms with van der Waals surface area (Å²) in [7, 11) is 0. The molecule has 0 radical (unpaired) electrons. The first-order valence-electron chi connectivity index (χ1n) is 7.99. The summed E-state index contributed by atoms with van der Waals surface area (Å²) in [6, 6.07) is 21.1. The van der Waals surface area contributed by atoms with Gasteiger partial charge in [-0.25, -0.2) is 0 Å². The van der Waals surface area contributed by atoms with Gasteiger partial charge in [-0.1, -0.05) is 30.3 Å². The Hall–Kier alpha value is -2.52. The lowest BCUT2D eigenvalue weighted by Gasteiger charge is -2.25. The van der Waals surface area contributed by atoms with Crippen LogP contribution in [0, 0.1) is 6.92 Å². The van der Waals surface area contributed by atoms with Crippen molar-refractivity contribution in [3.63, 3.8) is 0 Å². The second kappa shape index (κ2) is 5.94. The SMILES string of the molecule is Cc1cccc(N2CCO[C@@H]2c2ccn(-c3ccccc3)c2)c1. The quantitative estimate of drug-likeness (QED) is 0.717. The van der Waals surface area contributed by atoms with E-state index in [0.717, 1.165) is 13.2 Å². The third kappa shape index (κ3) is 2.76. The van der Waals surface area contributed by atoms with E-state index in [0.29, 0.717) is 0 Å². The molecular weight excluding hydrogens is 284 g/mol. The van der Waals surface area contributed by atoms with Crippen LogP contribution in [0.1, 0.15) is 17.4 Å². The molecule has 1 atom stereocenters. The Kier molecular flexibility index (Phi) is 3.64. The van der Waals surface area contributed by atoms with Crippen LogP contribution in [0.5, 0.6) is 0 Å². The maximum Gasteiger partial charge on any atom is 0.158 e. The number of para-hydroxylation sites is 1. The minimum atomic E-state index is -0.0123. The largest absolute Gasteiger partial charge is 0.352 e. The van der Waals surface area contributed by atoms with Gasteiger partial charge >= 0.3 is 0 Å². The van der Waals surface area contributed by atoms with Crippen molar-refractivity contribution in [1.82, 2.24) is 4.57 Å². The van der Waals surface area contributed by atoms with Gasteiger partial charge in [-0.05, 0) is 42.8 Å². The Labute approximate surface area is 136 Å². The summed E-state index contributed by atoms with van der Waals surface area (Å²) in [6.07, 6.45) is 4.25. The molecular formula is C20H20N2O. The van der Waals surface area contributed by atoms with Crippen LogP contribution in [0.4, 0.5) is 5.69 Å². The zero-order valence-corrected chi connectivity index (χ0v) is 13.2. The van der Waals surface area contributed by atoms with Gasteiger partial charge in [0.25, 0.3) is 0 Å². The summed E-state index contributed by atoms with van der Waals surface area (Å²) in [5, 5.41) is 0. The van der Waals surface area contributed by atoms with Gasteiger partial charge in [0, 0.05) is 35.9 Å². The zero-order valence-electron chi connectivity index (χ0n) is 13.2. The number of anilines is 1. The molecule has 116 valence electrons. The first kappa shape index (κ1) is 14.1. The molecule has 23 heavy (non-hydrogen) atoms. The predicted octanol–water partition coefficient (Wildman–Crippen LogP) is 4.32. The summed E-state index contributed by atoms with van der Waals surface area (Å²) in [5.41, 5.74) is 4.85. The summed E-state index contributed by atoms with van der Waals surface area (Å²) < 4.78 is 8.15. The van der Waals surface area contributed by atoms with E-state index in [1.807, 2.05) is 6.07 Å². The Bertz CT molecular complexity index is 794. The topological polar surface area (TPSA) is 17.4 Å². The molecule has 0 saturated carbocycles. The minimum Gasteiger partial charge on any atom is -0.352 e. The Morgan fingerprint density at radius 3 is 2.61 bits per heavy atom. The lowest BCUT2D eigenvalue weighted by atomic mass is 10.2. The first-order chi connectivity index (χ1) is 11.3. The fraction of sp³-hybridized carbons (Fsp3) is 0.200. The highest BCUT2D eigenvalue weighted by molar-refractivity contribution is 5.51. The van der Waals surface area contributed by atoms with Crippen molar-refractivity contribution in [2.75, 3.05) is 18.1 Å². The number of aromatic nitrogens is 1. The Morgan fingerprint density at radius 1 is 0.957 bits per heavy atom. The van der Waals surface area contributed by atoms with Gasteiger partial charge < -0.3 is 14.2 Å². The van der Waals surface area contributed by atoms with E-state index in [9.17, 15) is 0 Å². The van der Waals surface area contributed by atoms with Gasteiger partial charge in [-0.15, -0.1) is 0 Å². The molecule has 0 spiro atoms. The fourth-order valence-electron chi connectivity index (χ4n) is 3.14. The average molecular weight is 304 g/mol. The molecule has 3 heteroatoms. The maximum atomic E-state index is 6.01. The van der Waals surface area contributed by atoms with E-state index < -0.39 is 0 Å². The number of hydrogen-bond acceptors (Lipinski definition) is 2. The van der Waals surface area contributed by atoms with E-state index in [-0.39, 0.29) is 6.23 Å². The van der Waals surface area contributed by atoms with Crippen LogP contribution in [0.25, 0.3) is 5.69 Å². The molecule has 3 nitrogen and oxygen atoms in total. The van der Waals surface area contributed by atoms with Crippen molar-refractivity contribution in [3.8, 4) is 5.69 Å². The van der Waals surface area contributed by atoms with Gasteiger partial charge in [0.15, 0.2) is 6.23 Å². The fourth-order valence-corrected chi connectivity index (χ4v) is 3.14. The third-order valence-electron chi connectivity index (χ3n) is 4.28. The van der Waals surface area contributed by atoms with Gasteiger partial charge in [0.05, 0.1) is 6.61 Å². The van der Waals surface area contributed by atoms with Crippen LogP contribution >= 0.6 is 0 Å². The number of nitrogens with zero attached hydrogens (tertiary/aromatic N) is 2. The normalized spacial score (nSPS) is 17.6. The highest BCUT2D eigenvalue weighted by atomic mass is 16.5. The maximum absolute atomic E-state index is 6.01. The van der Waals surface area contributed by atoms with Crippen LogP contribution in [0.3, 0.4) is 0 Å². The molecule has 1 fully saturated rings. The molecule has 0 unspecified atom stereocenters. The van der Waals surface area contributed by atoms with Crippen molar-refractivity contribution in [1.29, 1.82) is 0 Å². The summed E-state index contributed by atoms with van der Waals surface area (Å²) in [5.74, 6) is 0. The number of aryl methyl sites for hydroxylation is 1. The van der Waals surface area contributed by atoms with E-state index in [4.69, 9.17) is 4.74 Å². The van der Waals surface area contributed by atoms with E-state index in [1.165, 1.54) is 22.5 Å². The number of ether oxygens (including phenoxy) is 1. The molecule has 1 saturated heterocycles. The molecule has 1 aliphatic rings. The lowest BCUT2D eigenvalue weighted by molar-refractivity contribution is 0.114. The van der Waals surface area contributed by atoms with E-state index in [1.54, 1.807) is 0 Å². The molecule has 0 bridgehead atoms. The van der Waals surface area contributed by atoms with Crippen LogP contribution in [-0.4, -0.2) is 17.7 Å². The molecule has 0 aliphatic carbocycles. The third-order valence-corrected chi connectivity index (χ3v) is 4.28. The Balaban J connectivity index is 1.63. The standard InChI is InChI=1S/C20H20N2O/c1-16-6-5-9-19(14-16)22-12-13-23-20(22)17-10-11-21(15-17)18-7-3-2-4-8-18/h2-11,14-15,20H,12-13H2,1H3/t20-/m1/s1.